The van der Waals surface area contributed by atoms with Gasteiger partial charge < -0.3 is 63.6 Å². The molecule has 0 saturated carbocycles. The number of nitrogens with zero attached hydrogens (tertiary/aromatic N) is 1. The lowest BCUT2D eigenvalue weighted by Gasteiger charge is -2.48. The first-order valence-electron chi connectivity index (χ1n) is 20.0. The minimum atomic E-state index is -1.93. The molecule has 7 rings (SSSR count). The zero-order chi connectivity index (χ0) is 42.8. The average Bonchev–Trinajstić information content (AvgIpc) is 3.18. The summed E-state index contributed by atoms with van der Waals surface area (Å²) in [5.74, 6) is -6.43. The number of hydrogen-bond acceptors (Lipinski definition) is 17. The summed E-state index contributed by atoms with van der Waals surface area (Å²) in [7, 11) is 4.78. The van der Waals surface area contributed by atoms with Crippen LogP contribution in [-0.4, -0.2) is 142 Å². The number of aliphatic hydroxyl groups excluding tert-OH is 1. The predicted molar refractivity (Wildman–Crippen MR) is 203 cm³/mol. The molecule has 5 aliphatic rings. The highest BCUT2D eigenvalue weighted by Gasteiger charge is 2.55. The Balaban J connectivity index is 1.16. The number of Topliss-reactive ketones (excluding diaryl/α,β-unsaturated/α-hetero) is 1. The molecular formula is C42H53NO16. The van der Waals surface area contributed by atoms with Crippen LogP contribution >= 0.6 is 0 Å². The van der Waals surface area contributed by atoms with Crippen molar-refractivity contribution in [2.75, 3.05) is 21.2 Å². The molecule has 13 atom stereocenters. The lowest BCUT2D eigenvalue weighted by molar-refractivity contribution is -0.324. The van der Waals surface area contributed by atoms with Crippen molar-refractivity contribution < 1.29 is 77.9 Å². The summed E-state index contributed by atoms with van der Waals surface area (Å²) >= 11 is 0. The maximum absolute atomic E-state index is 14.0. The normalized spacial score (nSPS) is 35.9. The standard InChI is InChI=1S/C42H53NO16/c1-8-42(52)16-25(30-31(34(42)41(51)53-7)38(50)32-33(37(30)49)36(48)29-20(35(32)47)10-9-11-23(29)45)57-27-14-21(43(5)6)39(18(3)55-27)59-28-15-24(46)40(19(4)56-28)58-26-13-12-22(44)17(2)54-26/h9-11,17-19,21,24-28,34,39-40,45-46,49-50,52H,8,12-16H2,1-7H3/t17?,18?,19?,21?,24?,25-,26?,27?,28?,34-,39?,40?,42+/m0/s1. The van der Waals surface area contributed by atoms with Crippen molar-refractivity contribution in [1.29, 1.82) is 0 Å². The number of aromatic hydroxyl groups is 3. The number of hydrogen-bond donors (Lipinski definition) is 5. The molecule has 2 aromatic carbocycles. The number of carbonyl (C=O) groups is 4. The number of ketones is 3. The van der Waals surface area contributed by atoms with Gasteiger partial charge in [-0.25, -0.2) is 0 Å². The zero-order valence-corrected chi connectivity index (χ0v) is 34.1. The van der Waals surface area contributed by atoms with Crippen molar-refractivity contribution in [2.45, 2.75) is 145 Å². The lowest BCUT2D eigenvalue weighted by atomic mass is 9.66. The van der Waals surface area contributed by atoms with Gasteiger partial charge >= 0.3 is 5.97 Å². The third-order valence-corrected chi connectivity index (χ3v) is 12.5. The Morgan fingerprint density at radius 1 is 0.847 bits per heavy atom. The number of carbonyl (C=O) groups excluding carboxylic acids is 4. The van der Waals surface area contributed by atoms with E-state index in [1.54, 1.807) is 27.7 Å². The minimum absolute atomic E-state index is 0.00418. The van der Waals surface area contributed by atoms with E-state index in [1.807, 2.05) is 19.0 Å². The second kappa shape index (κ2) is 16.4. The van der Waals surface area contributed by atoms with Crippen molar-refractivity contribution in [3.8, 4) is 17.2 Å². The molecule has 17 nitrogen and oxygen atoms in total. The Hall–Kier alpha value is -4.04. The molecule has 2 aliphatic carbocycles. The van der Waals surface area contributed by atoms with Gasteiger partial charge in [0, 0.05) is 54.8 Å². The molecule has 0 bridgehead atoms. The molecule has 0 radical (unpaired) electrons. The van der Waals surface area contributed by atoms with Crippen molar-refractivity contribution >= 4 is 23.3 Å². The van der Waals surface area contributed by atoms with Crippen LogP contribution in [0.3, 0.4) is 0 Å². The maximum Gasteiger partial charge on any atom is 0.316 e. The Morgan fingerprint density at radius 2 is 1.47 bits per heavy atom. The van der Waals surface area contributed by atoms with Gasteiger partial charge in [-0.1, -0.05) is 19.1 Å². The molecule has 10 unspecified atom stereocenters. The molecule has 322 valence electrons. The topological polar surface area (TPSA) is 237 Å². The number of benzene rings is 2. The molecule has 17 heteroatoms. The van der Waals surface area contributed by atoms with E-state index >= 15 is 0 Å². The first-order chi connectivity index (χ1) is 27.9. The summed E-state index contributed by atoms with van der Waals surface area (Å²) in [4.78, 5) is 55.1. The van der Waals surface area contributed by atoms with Crippen LogP contribution in [0.1, 0.15) is 121 Å². The SMILES string of the molecule is CC[C@@]1(O)C[C@H](OC2CC(N(C)C)C(OC3CC(O)C(OC4CCC(=O)C(C)O4)C(C)O3)C(C)O2)c2c(O)c3c(c(O)c2[C@H]1C(=O)OC)C(=O)c1cccc(O)c1C3=O. The Bertz CT molecular complexity index is 1990. The fourth-order valence-electron chi connectivity index (χ4n) is 9.36. The number of methoxy groups -OCH3 is 1. The summed E-state index contributed by atoms with van der Waals surface area (Å²) < 4.78 is 42.4. The molecule has 0 spiro atoms. The Morgan fingerprint density at radius 3 is 2.10 bits per heavy atom. The second-order valence-electron chi connectivity index (χ2n) is 16.4. The fraction of sp³-hybridized carbons (Fsp3) is 0.619. The highest BCUT2D eigenvalue weighted by molar-refractivity contribution is 6.31. The van der Waals surface area contributed by atoms with Gasteiger partial charge in [0.05, 0.1) is 53.8 Å². The van der Waals surface area contributed by atoms with Gasteiger partial charge in [0.15, 0.2) is 30.4 Å². The highest BCUT2D eigenvalue weighted by atomic mass is 16.7. The van der Waals surface area contributed by atoms with Crippen LogP contribution in [0, 0.1) is 0 Å². The number of ether oxygens (including phenoxy) is 7. The van der Waals surface area contributed by atoms with Crippen LogP contribution in [0.4, 0.5) is 0 Å². The quantitative estimate of drug-likeness (QED) is 0.154. The lowest BCUT2D eigenvalue weighted by Crippen LogP contribution is -2.58. The summed E-state index contributed by atoms with van der Waals surface area (Å²) in [5.41, 5.74) is -4.19. The van der Waals surface area contributed by atoms with Gasteiger partial charge in [-0.05, 0) is 47.4 Å². The third kappa shape index (κ3) is 7.54. The van der Waals surface area contributed by atoms with Crippen molar-refractivity contribution in [2.24, 2.45) is 0 Å². The number of phenols is 3. The van der Waals surface area contributed by atoms with Crippen LogP contribution < -0.4 is 0 Å². The number of esters is 1. The van der Waals surface area contributed by atoms with Gasteiger partial charge in [-0.2, -0.15) is 0 Å². The van der Waals surface area contributed by atoms with Gasteiger partial charge in [-0.15, -0.1) is 0 Å². The van der Waals surface area contributed by atoms with Gasteiger partial charge in [0.25, 0.3) is 0 Å². The van der Waals surface area contributed by atoms with E-state index in [1.165, 1.54) is 18.2 Å². The van der Waals surface area contributed by atoms with Crippen LogP contribution in [0.15, 0.2) is 18.2 Å². The summed E-state index contributed by atoms with van der Waals surface area (Å²) in [6.45, 7) is 6.82. The monoisotopic (exact) mass is 827 g/mol. The maximum atomic E-state index is 14.0. The largest absolute Gasteiger partial charge is 0.507 e. The molecule has 59 heavy (non-hydrogen) atoms. The highest BCUT2D eigenvalue weighted by Crippen LogP contribution is 2.57. The molecule has 3 saturated heterocycles. The summed E-state index contributed by atoms with van der Waals surface area (Å²) in [6.07, 6.45) is -7.45. The van der Waals surface area contributed by atoms with Crippen molar-refractivity contribution in [3.05, 3.63) is 51.6 Å². The average molecular weight is 828 g/mol. The van der Waals surface area contributed by atoms with E-state index < -0.39 is 119 Å². The molecule has 0 amide bonds. The molecule has 2 aromatic rings. The van der Waals surface area contributed by atoms with Crippen LogP contribution in [-0.2, 0) is 42.7 Å². The van der Waals surface area contributed by atoms with Gasteiger partial charge in [0.1, 0.15) is 41.5 Å². The van der Waals surface area contributed by atoms with E-state index in [0.717, 1.165) is 7.11 Å². The van der Waals surface area contributed by atoms with E-state index in [4.69, 9.17) is 33.2 Å². The minimum Gasteiger partial charge on any atom is -0.507 e. The van der Waals surface area contributed by atoms with Crippen molar-refractivity contribution in [1.82, 2.24) is 4.90 Å². The zero-order valence-electron chi connectivity index (χ0n) is 34.1. The van der Waals surface area contributed by atoms with Gasteiger partial charge in [-0.3, -0.25) is 19.2 Å². The first kappa shape index (κ1) is 43.1. The smallest absolute Gasteiger partial charge is 0.316 e. The molecular weight excluding hydrogens is 774 g/mol. The number of likely N-dealkylation sites (N-methyl/N-ethyl adjacent to an activating group) is 1. The van der Waals surface area contributed by atoms with E-state index in [-0.39, 0.29) is 59.8 Å². The Labute approximate surface area is 341 Å². The van der Waals surface area contributed by atoms with Crippen molar-refractivity contribution in [3.63, 3.8) is 0 Å². The third-order valence-electron chi connectivity index (χ3n) is 12.5. The first-order valence-corrected chi connectivity index (χ1v) is 20.0. The molecule has 0 aromatic heterocycles. The molecule has 5 N–H and O–H groups in total. The number of fused-ring (bicyclic) bond motifs is 3. The number of aliphatic hydroxyl groups is 2. The van der Waals surface area contributed by atoms with Crippen LogP contribution in [0.2, 0.25) is 0 Å². The van der Waals surface area contributed by atoms with E-state index in [2.05, 4.69) is 0 Å². The molecule has 3 aliphatic heterocycles. The summed E-state index contributed by atoms with van der Waals surface area (Å²) in [6, 6.07) is 3.49. The molecule has 3 heterocycles. The summed E-state index contributed by atoms with van der Waals surface area (Å²) in [5, 5.41) is 57.8. The Kier molecular flexibility index (Phi) is 12.0. The fourth-order valence-corrected chi connectivity index (χ4v) is 9.36. The van der Waals surface area contributed by atoms with E-state index in [0.29, 0.717) is 12.8 Å². The van der Waals surface area contributed by atoms with Crippen LogP contribution in [0.5, 0.6) is 17.2 Å². The number of rotatable bonds is 9. The van der Waals surface area contributed by atoms with Gasteiger partial charge in [0.2, 0.25) is 5.78 Å². The molecule has 3 fully saturated rings. The number of phenolic OH excluding ortho intramolecular Hbond substituents is 3. The van der Waals surface area contributed by atoms with Crippen LogP contribution in [0.25, 0.3) is 0 Å². The predicted octanol–water partition coefficient (Wildman–Crippen LogP) is 2.86. The second-order valence-corrected chi connectivity index (χ2v) is 16.4. The van der Waals surface area contributed by atoms with E-state index in [9.17, 15) is 44.7 Å².